The fourth-order valence-corrected chi connectivity index (χ4v) is 3.12. The number of carboxylic acids is 1. The smallest absolute Gasteiger partial charge is 0.335 e. The second-order valence-electron chi connectivity index (χ2n) is 6.57. The van der Waals surface area contributed by atoms with Crippen molar-refractivity contribution in [3.05, 3.63) is 35.4 Å². The van der Waals surface area contributed by atoms with E-state index in [0.717, 1.165) is 12.0 Å². The summed E-state index contributed by atoms with van der Waals surface area (Å²) < 4.78 is 0. The number of nitrogens with one attached hydrogen (secondary N) is 2. The van der Waals surface area contributed by atoms with Crippen LogP contribution in [-0.2, 0) is 16.0 Å². The van der Waals surface area contributed by atoms with E-state index in [2.05, 4.69) is 10.6 Å². The molecule has 1 aliphatic carbocycles. The number of carboxylic acid groups (broad SMARTS) is 1. The van der Waals surface area contributed by atoms with Crippen molar-refractivity contribution in [3.8, 4) is 0 Å². The van der Waals surface area contributed by atoms with Crippen molar-refractivity contribution in [2.45, 2.75) is 44.9 Å². The quantitative estimate of drug-likeness (QED) is 0.638. The van der Waals surface area contributed by atoms with Crippen LogP contribution in [0.15, 0.2) is 24.3 Å². The summed E-state index contributed by atoms with van der Waals surface area (Å²) >= 11 is 0. The Morgan fingerprint density at radius 1 is 1.00 bits per heavy atom. The Hall–Kier alpha value is -2.37. The van der Waals surface area contributed by atoms with Crippen LogP contribution in [0, 0.1) is 5.92 Å². The second kappa shape index (κ2) is 9.81. The molecule has 1 aliphatic rings. The zero-order valence-corrected chi connectivity index (χ0v) is 14.4. The van der Waals surface area contributed by atoms with Crippen LogP contribution in [0.1, 0.15) is 54.4 Å². The van der Waals surface area contributed by atoms with Gasteiger partial charge in [0.15, 0.2) is 0 Å². The van der Waals surface area contributed by atoms with E-state index in [9.17, 15) is 14.4 Å². The highest BCUT2D eigenvalue weighted by atomic mass is 16.4. The van der Waals surface area contributed by atoms with Crippen molar-refractivity contribution in [1.29, 1.82) is 0 Å². The first-order valence-electron chi connectivity index (χ1n) is 8.90. The average molecular weight is 346 g/mol. The third-order valence-corrected chi connectivity index (χ3v) is 4.64. The molecule has 6 nitrogen and oxygen atoms in total. The minimum Gasteiger partial charge on any atom is -0.478 e. The molecule has 0 unspecified atom stereocenters. The summed E-state index contributed by atoms with van der Waals surface area (Å²) in [6.07, 6.45) is 7.01. The van der Waals surface area contributed by atoms with Crippen LogP contribution in [0.4, 0.5) is 0 Å². The van der Waals surface area contributed by atoms with Gasteiger partial charge in [0, 0.05) is 13.0 Å². The fourth-order valence-electron chi connectivity index (χ4n) is 3.12. The van der Waals surface area contributed by atoms with Crippen molar-refractivity contribution in [2.24, 2.45) is 5.92 Å². The average Bonchev–Trinajstić information content (AvgIpc) is 3.12. The van der Waals surface area contributed by atoms with E-state index in [-0.39, 0.29) is 23.9 Å². The molecule has 0 heterocycles. The van der Waals surface area contributed by atoms with E-state index in [1.165, 1.54) is 25.7 Å². The number of carbonyl (C=O) groups excluding carboxylic acids is 2. The van der Waals surface area contributed by atoms with Crippen LogP contribution >= 0.6 is 0 Å². The van der Waals surface area contributed by atoms with E-state index >= 15 is 0 Å². The standard InChI is InChI=1S/C19H26N2O4/c22-17(10-7-14-3-1-2-4-14)21-13-18(23)20-12-11-15-5-8-16(9-6-15)19(24)25/h5-6,8-9,14H,1-4,7,10-13H2,(H,20,23)(H,21,22)(H,24,25). The normalized spacial score (nSPS) is 14.2. The van der Waals surface area contributed by atoms with E-state index < -0.39 is 5.97 Å². The Bertz CT molecular complexity index is 592. The van der Waals surface area contributed by atoms with Gasteiger partial charge >= 0.3 is 5.97 Å². The third kappa shape index (κ3) is 6.95. The maximum Gasteiger partial charge on any atom is 0.335 e. The molecule has 2 rings (SSSR count). The lowest BCUT2D eigenvalue weighted by Crippen LogP contribution is -2.37. The monoisotopic (exact) mass is 346 g/mol. The molecule has 25 heavy (non-hydrogen) atoms. The first kappa shape index (κ1) is 19.0. The summed E-state index contributed by atoms with van der Waals surface area (Å²) in [6.45, 7) is 0.449. The maximum absolute atomic E-state index is 11.7. The minimum atomic E-state index is -0.955. The van der Waals surface area contributed by atoms with E-state index in [4.69, 9.17) is 5.11 Å². The molecule has 0 aromatic heterocycles. The number of hydrogen-bond acceptors (Lipinski definition) is 3. The Balaban J connectivity index is 1.57. The van der Waals surface area contributed by atoms with Gasteiger partial charge in [-0.2, -0.15) is 0 Å². The maximum atomic E-state index is 11.7. The van der Waals surface area contributed by atoms with Gasteiger partial charge in [0.25, 0.3) is 0 Å². The van der Waals surface area contributed by atoms with Crippen molar-refractivity contribution >= 4 is 17.8 Å². The van der Waals surface area contributed by atoms with Crippen LogP contribution in [0.25, 0.3) is 0 Å². The van der Waals surface area contributed by atoms with Gasteiger partial charge in [-0.3, -0.25) is 9.59 Å². The van der Waals surface area contributed by atoms with Gasteiger partial charge in [-0.15, -0.1) is 0 Å². The minimum absolute atomic E-state index is 0.00144. The summed E-state index contributed by atoms with van der Waals surface area (Å²) in [4.78, 5) is 34.3. The Kier molecular flexibility index (Phi) is 7.44. The largest absolute Gasteiger partial charge is 0.478 e. The molecule has 2 amide bonds. The van der Waals surface area contributed by atoms with Crippen molar-refractivity contribution in [1.82, 2.24) is 10.6 Å². The SMILES string of the molecule is O=C(CCC1CCCC1)NCC(=O)NCCc1ccc(C(=O)O)cc1. The van der Waals surface area contributed by atoms with Gasteiger partial charge in [-0.1, -0.05) is 37.8 Å². The highest BCUT2D eigenvalue weighted by Gasteiger charge is 2.16. The highest BCUT2D eigenvalue weighted by molar-refractivity contribution is 5.87. The number of amides is 2. The molecule has 0 spiro atoms. The van der Waals surface area contributed by atoms with Crippen LogP contribution in [0.5, 0.6) is 0 Å². The van der Waals surface area contributed by atoms with Gasteiger partial charge in [-0.25, -0.2) is 4.79 Å². The molecule has 136 valence electrons. The molecule has 0 aliphatic heterocycles. The molecule has 0 atom stereocenters. The highest BCUT2D eigenvalue weighted by Crippen LogP contribution is 2.28. The van der Waals surface area contributed by atoms with Crippen LogP contribution in [-0.4, -0.2) is 36.0 Å². The Morgan fingerprint density at radius 3 is 2.32 bits per heavy atom. The summed E-state index contributed by atoms with van der Waals surface area (Å²) in [7, 11) is 0. The number of carbonyl (C=O) groups is 3. The van der Waals surface area contributed by atoms with Crippen molar-refractivity contribution in [2.75, 3.05) is 13.1 Å². The third-order valence-electron chi connectivity index (χ3n) is 4.64. The molecule has 3 N–H and O–H groups in total. The molecule has 0 bridgehead atoms. The second-order valence-corrected chi connectivity index (χ2v) is 6.57. The van der Waals surface area contributed by atoms with Gasteiger partial charge < -0.3 is 15.7 Å². The molecule has 1 aromatic rings. The molecule has 6 heteroatoms. The molecule has 0 saturated heterocycles. The molecule has 1 saturated carbocycles. The number of aromatic carboxylic acids is 1. The lowest BCUT2D eigenvalue weighted by atomic mass is 10.0. The summed E-state index contributed by atoms with van der Waals surface area (Å²) in [5, 5.41) is 14.2. The van der Waals surface area contributed by atoms with E-state index in [0.29, 0.717) is 25.3 Å². The zero-order chi connectivity index (χ0) is 18.1. The number of benzene rings is 1. The number of hydrogen-bond donors (Lipinski definition) is 3. The van der Waals surface area contributed by atoms with Gasteiger partial charge in [-0.05, 0) is 36.5 Å². The number of rotatable bonds is 9. The van der Waals surface area contributed by atoms with Crippen LogP contribution in [0.2, 0.25) is 0 Å². The molecular formula is C19H26N2O4. The molecule has 1 aromatic carbocycles. The first-order chi connectivity index (χ1) is 12.0. The topological polar surface area (TPSA) is 95.5 Å². The molecule has 1 fully saturated rings. The van der Waals surface area contributed by atoms with Crippen LogP contribution < -0.4 is 10.6 Å². The lowest BCUT2D eigenvalue weighted by Gasteiger charge is -2.09. The summed E-state index contributed by atoms with van der Waals surface area (Å²) in [5.41, 5.74) is 1.19. The van der Waals surface area contributed by atoms with Crippen LogP contribution in [0.3, 0.4) is 0 Å². The molecule has 0 radical (unpaired) electrons. The van der Waals surface area contributed by atoms with Crippen molar-refractivity contribution < 1.29 is 19.5 Å². The Morgan fingerprint density at radius 2 is 1.68 bits per heavy atom. The first-order valence-corrected chi connectivity index (χ1v) is 8.90. The predicted molar refractivity (Wildman–Crippen MR) is 94.3 cm³/mol. The molecular weight excluding hydrogens is 320 g/mol. The van der Waals surface area contributed by atoms with Gasteiger partial charge in [0.1, 0.15) is 0 Å². The lowest BCUT2D eigenvalue weighted by molar-refractivity contribution is -0.126. The predicted octanol–water partition coefficient (Wildman–Crippen LogP) is 2.13. The zero-order valence-electron chi connectivity index (χ0n) is 14.4. The summed E-state index contributed by atoms with van der Waals surface area (Å²) in [5.74, 6) is -0.557. The van der Waals surface area contributed by atoms with Crippen molar-refractivity contribution in [3.63, 3.8) is 0 Å². The van der Waals surface area contributed by atoms with E-state index in [1.807, 2.05) is 0 Å². The van der Waals surface area contributed by atoms with Gasteiger partial charge in [0.05, 0.1) is 12.1 Å². The summed E-state index contributed by atoms with van der Waals surface area (Å²) in [6, 6.07) is 6.56. The van der Waals surface area contributed by atoms with Gasteiger partial charge in [0.2, 0.25) is 11.8 Å². The van der Waals surface area contributed by atoms with E-state index in [1.54, 1.807) is 24.3 Å². The fraction of sp³-hybridized carbons (Fsp3) is 0.526. The Labute approximate surface area is 148 Å².